The van der Waals surface area contributed by atoms with E-state index in [0.717, 1.165) is 29.9 Å². The van der Waals surface area contributed by atoms with Crippen LogP contribution in [-0.2, 0) is 6.42 Å². The summed E-state index contributed by atoms with van der Waals surface area (Å²) in [6, 6.07) is 8.45. The molecule has 1 N–H and O–H groups in total. The van der Waals surface area contributed by atoms with Crippen molar-refractivity contribution in [3.8, 4) is 11.5 Å². The average molecular weight is 291 g/mol. The molecule has 0 radical (unpaired) electrons. The molecule has 4 heteroatoms. The Bertz CT molecular complexity index is 525. The number of hydrogen-bond acceptors (Lipinski definition) is 4. The van der Waals surface area contributed by atoms with Crippen molar-refractivity contribution in [1.82, 2.24) is 5.32 Å². The van der Waals surface area contributed by atoms with Crippen LogP contribution in [0.2, 0.25) is 0 Å². The fourth-order valence-electron chi connectivity index (χ4n) is 2.39. The quantitative estimate of drug-likeness (QED) is 0.844. The van der Waals surface area contributed by atoms with Gasteiger partial charge in [0.2, 0.25) is 0 Å². The van der Waals surface area contributed by atoms with Crippen molar-refractivity contribution in [1.29, 1.82) is 0 Å². The SMILES string of the molecule is CNC(CCc1ccsc1)c1cccc(OC)c1OC. The highest BCUT2D eigenvalue weighted by Crippen LogP contribution is 2.36. The van der Waals surface area contributed by atoms with Gasteiger partial charge in [-0.25, -0.2) is 0 Å². The standard InChI is InChI=1S/C16H21NO2S/c1-17-14(8-7-12-9-10-20-11-12)13-5-4-6-15(18-2)16(13)19-3/h4-6,9-11,14,17H,7-8H2,1-3H3. The van der Waals surface area contributed by atoms with Gasteiger partial charge in [-0.2, -0.15) is 11.3 Å². The van der Waals surface area contributed by atoms with Gasteiger partial charge in [-0.05, 0) is 48.3 Å². The Balaban J connectivity index is 2.18. The summed E-state index contributed by atoms with van der Waals surface area (Å²) in [5, 5.41) is 7.70. The number of thiophene rings is 1. The Kier molecular flexibility index (Phi) is 5.44. The molecule has 1 unspecified atom stereocenters. The van der Waals surface area contributed by atoms with E-state index in [-0.39, 0.29) is 6.04 Å². The lowest BCUT2D eigenvalue weighted by molar-refractivity contribution is 0.346. The molecule has 1 aromatic heterocycles. The zero-order chi connectivity index (χ0) is 14.4. The van der Waals surface area contributed by atoms with Gasteiger partial charge in [0.25, 0.3) is 0 Å². The van der Waals surface area contributed by atoms with E-state index < -0.39 is 0 Å². The number of aryl methyl sites for hydroxylation is 1. The predicted octanol–water partition coefficient (Wildman–Crippen LogP) is 3.66. The summed E-state index contributed by atoms with van der Waals surface area (Å²) in [5.74, 6) is 1.60. The summed E-state index contributed by atoms with van der Waals surface area (Å²) in [7, 11) is 5.34. The third-order valence-electron chi connectivity index (χ3n) is 3.46. The molecule has 108 valence electrons. The lowest BCUT2D eigenvalue weighted by Gasteiger charge is -2.20. The van der Waals surface area contributed by atoms with Gasteiger partial charge in [-0.15, -0.1) is 0 Å². The molecule has 3 nitrogen and oxygen atoms in total. The smallest absolute Gasteiger partial charge is 0.165 e. The van der Waals surface area contributed by atoms with Gasteiger partial charge in [-0.1, -0.05) is 12.1 Å². The highest BCUT2D eigenvalue weighted by Gasteiger charge is 2.17. The summed E-state index contributed by atoms with van der Waals surface area (Å²) in [5.41, 5.74) is 2.53. The van der Waals surface area contributed by atoms with Crippen LogP contribution in [-0.4, -0.2) is 21.3 Å². The van der Waals surface area contributed by atoms with Crippen LogP contribution >= 0.6 is 11.3 Å². The van der Waals surface area contributed by atoms with Crippen molar-refractivity contribution in [3.63, 3.8) is 0 Å². The van der Waals surface area contributed by atoms with Crippen molar-refractivity contribution in [2.75, 3.05) is 21.3 Å². The number of methoxy groups -OCH3 is 2. The molecule has 0 spiro atoms. The first-order valence-corrected chi connectivity index (χ1v) is 7.63. The minimum absolute atomic E-state index is 0.250. The van der Waals surface area contributed by atoms with Crippen molar-refractivity contribution < 1.29 is 9.47 Å². The van der Waals surface area contributed by atoms with Gasteiger partial charge in [0, 0.05) is 11.6 Å². The monoisotopic (exact) mass is 291 g/mol. The highest BCUT2D eigenvalue weighted by atomic mass is 32.1. The highest BCUT2D eigenvalue weighted by molar-refractivity contribution is 7.07. The Labute approximate surface area is 124 Å². The third kappa shape index (κ3) is 3.32. The molecule has 0 amide bonds. The van der Waals surface area contributed by atoms with Crippen LogP contribution < -0.4 is 14.8 Å². The van der Waals surface area contributed by atoms with Gasteiger partial charge >= 0.3 is 0 Å². The summed E-state index contributed by atoms with van der Waals surface area (Å²) >= 11 is 1.74. The summed E-state index contributed by atoms with van der Waals surface area (Å²) < 4.78 is 10.9. The average Bonchev–Trinajstić information content (AvgIpc) is 3.00. The minimum Gasteiger partial charge on any atom is -0.493 e. The molecule has 0 aliphatic rings. The Morgan fingerprint density at radius 2 is 2.05 bits per heavy atom. The molecule has 2 aromatic rings. The second-order valence-corrected chi connectivity index (χ2v) is 5.37. The van der Waals surface area contributed by atoms with Crippen molar-refractivity contribution in [2.24, 2.45) is 0 Å². The van der Waals surface area contributed by atoms with Crippen molar-refractivity contribution in [3.05, 3.63) is 46.2 Å². The van der Waals surface area contributed by atoms with Crippen LogP contribution in [0.5, 0.6) is 11.5 Å². The maximum Gasteiger partial charge on any atom is 0.165 e. The van der Waals surface area contributed by atoms with Crippen LogP contribution in [0.1, 0.15) is 23.6 Å². The van der Waals surface area contributed by atoms with Crippen LogP contribution in [0.4, 0.5) is 0 Å². The Morgan fingerprint density at radius 1 is 1.20 bits per heavy atom. The van der Waals surface area contributed by atoms with Gasteiger partial charge in [0.1, 0.15) is 0 Å². The molecule has 0 saturated carbocycles. The van der Waals surface area contributed by atoms with E-state index in [1.165, 1.54) is 5.56 Å². The number of rotatable bonds is 7. The molecule has 1 heterocycles. The van der Waals surface area contributed by atoms with Crippen LogP contribution in [0, 0.1) is 0 Å². The Morgan fingerprint density at radius 3 is 2.65 bits per heavy atom. The molecule has 20 heavy (non-hydrogen) atoms. The van der Waals surface area contributed by atoms with Crippen LogP contribution in [0.25, 0.3) is 0 Å². The molecule has 0 saturated heterocycles. The number of para-hydroxylation sites is 1. The van der Waals surface area contributed by atoms with Gasteiger partial charge in [-0.3, -0.25) is 0 Å². The van der Waals surface area contributed by atoms with Crippen molar-refractivity contribution >= 4 is 11.3 Å². The largest absolute Gasteiger partial charge is 0.493 e. The van der Waals surface area contributed by atoms with Crippen molar-refractivity contribution in [2.45, 2.75) is 18.9 Å². The first kappa shape index (κ1) is 14.9. The molecular weight excluding hydrogens is 270 g/mol. The topological polar surface area (TPSA) is 30.5 Å². The van der Waals surface area contributed by atoms with E-state index >= 15 is 0 Å². The van der Waals surface area contributed by atoms with E-state index in [2.05, 4.69) is 28.2 Å². The van der Waals surface area contributed by atoms with E-state index in [1.54, 1.807) is 25.6 Å². The lowest BCUT2D eigenvalue weighted by atomic mass is 9.99. The number of benzene rings is 1. The molecule has 0 fully saturated rings. The van der Waals surface area contributed by atoms with E-state index in [1.807, 2.05) is 19.2 Å². The number of hydrogen-bond donors (Lipinski definition) is 1. The molecule has 0 bridgehead atoms. The minimum atomic E-state index is 0.250. The number of ether oxygens (including phenoxy) is 2. The molecule has 0 aliphatic heterocycles. The number of nitrogens with one attached hydrogen (secondary N) is 1. The lowest BCUT2D eigenvalue weighted by Crippen LogP contribution is -2.18. The molecule has 2 rings (SSSR count). The predicted molar refractivity (Wildman–Crippen MR) is 84.0 cm³/mol. The fraction of sp³-hybridized carbons (Fsp3) is 0.375. The summed E-state index contributed by atoms with van der Waals surface area (Å²) in [4.78, 5) is 0. The second kappa shape index (κ2) is 7.31. The molecule has 1 aromatic carbocycles. The summed E-state index contributed by atoms with van der Waals surface area (Å²) in [6.45, 7) is 0. The van der Waals surface area contributed by atoms with Crippen LogP contribution in [0.15, 0.2) is 35.0 Å². The second-order valence-electron chi connectivity index (χ2n) is 4.59. The van der Waals surface area contributed by atoms with E-state index in [9.17, 15) is 0 Å². The van der Waals surface area contributed by atoms with Gasteiger partial charge in [0.05, 0.1) is 14.2 Å². The van der Waals surface area contributed by atoms with E-state index in [4.69, 9.17) is 9.47 Å². The fourth-order valence-corrected chi connectivity index (χ4v) is 3.09. The molecular formula is C16H21NO2S. The van der Waals surface area contributed by atoms with E-state index in [0.29, 0.717) is 0 Å². The summed E-state index contributed by atoms with van der Waals surface area (Å²) in [6.07, 6.45) is 2.08. The maximum absolute atomic E-state index is 5.52. The first-order valence-electron chi connectivity index (χ1n) is 6.69. The normalized spacial score (nSPS) is 12.2. The van der Waals surface area contributed by atoms with Gasteiger partial charge in [0.15, 0.2) is 11.5 Å². The zero-order valence-electron chi connectivity index (χ0n) is 12.2. The molecule has 1 atom stereocenters. The van der Waals surface area contributed by atoms with Gasteiger partial charge < -0.3 is 14.8 Å². The Hall–Kier alpha value is -1.52. The third-order valence-corrected chi connectivity index (χ3v) is 4.19. The first-order chi connectivity index (χ1) is 9.80. The molecule has 0 aliphatic carbocycles. The maximum atomic E-state index is 5.52. The zero-order valence-corrected chi connectivity index (χ0v) is 13.0. The van der Waals surface area contributed by atoms with Crippen LogP contribution in [0.3, 0.4) is 0 Å².